The molecule has 0 radical (unpaired) electrons. The third-order valence-corrected chi connectivity index (χ3v) is 3.67. The van der Waals surface area contributed by atoms with Crippen molar-refractivity contribution in [2.45, 2.75) is 51.4 Å². The van der Waals surface area contributed by atoms with Crippen LogP contribution in [-0.4, -0.2) is 9.97 Å². The van der Waals surface area contributed by atoms with Crippen molar-refractivity contribution in [3.05, 3.63) is 27.4 Å². The molecule has 3 heteroatoms. The SMILES string of the molecule is O=c1[nH]c(CC2CC2)nc2c1CCCCC2. The van der Waals surface area contributed by atoms with Crippen LogP contribution in [0.2, 0.25) is 0 Å². The van der Waals surface area contributed by atoms with Gasteiger partial charge in [0.2, 0.25) is 0 Å². The third-order valence-electron chi connectivity index (χ3n) is 3.67. The molecule has 1 saturated carbocycles. The number of nitrogens with zero attached hydrogens (tertiary/aromatic N) is 1. The fourth-order valence-corrected chi connectivity index (χ4v) is 2.52. The summed E-state index contributed by atoms with van der Waals surface area (Å²) in [4.78, 5) is 19.6. The lowest BCUT2D eigenvalue weighted by atomic mass is 10.1. The standard InChI is InChI=1S/C13H18N2O/c16-13-10-4-2-1-3-5-11(10)14-12(15-13)8-9-6-7-9/h9H,1-8H2,(H,14,15,16). The van der Waals surface area contributed by atoms with Crippen molar-refractivity contribution in [3.63, 3.8) is 0 Å². The number of hydrogen-bond acceptors (Lipinski definition) is 2. The van der Waals surface area contributed by atoms with Crippen LogP contribution in [0.5, 0.6) is 0 Å². The lowest BCUT2D eigenvalue weighted by Gasteiger charge is -2.06. The molecule has 2 aliphatic rings. The average molecular weight is 218 g/mol. The lowest BCUT2D eigenvalue weighted by molar-refractivity contribution is 0.706. The second-order valence-electron chi connectivity index (χ2n) is 5.15. The Morgan fingerprint density at radius 3 is 2.81 bits per heavy atom. The number of aryl methyl sites for hydroxylation is 1. The molecule has 1 aromatic heterocycles. The molecular weight excluding hydrogens is 200 g/mol. The van der Waals surface area contributed by atoms with E-state index in [1.54, 1.807) is 0 Å². The van der Waals surface area contributed by atoms with Gasteiger partial charge in [-0.05, 0) is 44.4 Å². The monoisotopic (exact) mass is 218 g/mol. The summed E-state index contributed by atoms with van der Waals surface area (Å²) in [6.07, 6.45) is 9.06. The number of H-pyrrole nitrogens is 1. The fourth-order valence-electron chi connectivity index (χ4n) is 2.52. The molecule has 86 valence electrons. The minimum atomic E-state index is 0.127. The molecule has 0 unspecified atom stereocenters. The Morgan fingerprint density at radius 2 is 2.00 bits per heavy atom. The van der Waals surface area contributed by atoms with Crippen LogP contribution >= 0.6 is 0 Å². The highest BCUT2D eigenvalue weighted by Crippen LogP contribution is 2.31. The van der Waals surface area contributed by atoms with Crippen molar-refractivity contribution in [2.75, 3.05) is 0 Å². The molecule has 1 aromatic rings. The second-order valence-corrected chi connectivity index (χ2v) is 5.15. The Balaban J connectivity index is 1.94. The first kappa shape index (κ1) is 10.1. The molecule has 1 fully saturated rings. The van der Waals surface area contributed by atoms with E-state index in [1.807, 2.05) is 0 Å². The maximum absolute atomic E-state index is 11.9. The number of fused-ring (bicyclic) bond motifs is 1. The van der Waals surface area contributed by atoms with Gasteiger partial charge in [0.15, 0.2) is 0 Å². The van der Waals surface area contributed by atoms with Gasteiger partial charge in [-0.1, -0.05) is 6.42 Å². The van der Waals surface area contributed by atoms with E-state index in [9.17, 15) is 4.79 Å². The van der Waals surface area contributed by atoms with Gasteiger partial charge in [-0.2, -0.15) is 0 Å². The van der Waals surface area contributed by atoms with E-state index in [-0.39, 0.29) is 5.56 Å². The van der Waals surface area contributed by atoms with Crippen LogP contribution in [0, 0.1) is 5.92 Å². The molecule has 1 heterocycles. The van der Waals surface area contributed by atoms with Gasteiger partial charge in [0, 0.05) is 12.0 Å². The van der Waals surface area contributed by atoms with Crippen LogP contribution < -0.4 is 5.56 Å². The summed E-state index contributed by atoms with van der Waals surface area (Å²) in [5.41, 5.74) is 2.16. The molecule has 0 aliphatic heterocycles. The summed E-state index contributed by atoms with van der Waals surface area (Å²) in [5.74, 6) is 1.71. The van der Waals surface area contributed by atoms with Crippen LogP contribution in [0.4, 0.5) is 0 Å². The van der Waals surface area contributed by atoms with Crippen molar-refractivity contribution in [1.82, 2.24) is 9.97 Å². The minimum absolute atomic E-state index is 0.127. The zero-order valence-corrected chi connectivity index (χ0v) is 9.59. The minimum Gasteiger partial charge on any atom is -0.310 e. The Labute approximate surface area is 95.3 Å². The summed E-state index contributed by atoms with van der Waals surface area (Å²) in [5, 5.41) is 0. The molecule has 1 N–H and O–H groups in total. The average Bonchev–Trinajstić information content (AvgIpc) is 3.04. The maximum Gasteiger partial charge on any atom is 0.254 e. The van der Waals surface area contributed by atoms with E-state index in [4.69, 9.17) is 0 Å². The van der Waals surface area contributed by atoms with E-state index in [2.05, 4.69) is 9.97 Å². The van der Waals surface area contributed by atoms with Crippen molar-refractivity contribution in [2.24, 2.45) is 5.92 Å². The van der Waals surface area contributed by atoms with Gasteiger partial charge < -0.3 is 4.98 Å². The number of hydrogen-bond donors (Lipinski definition) is 1. The summed E-state index contributed by atoms with van der Waals surface area (Å²) in [7, 11) is 0. The zero-order valence-electron chi connectivity index (χ0n) is 9.59. The summed E-state index contributed by atoms with van der Waals surface area (Å²) < 4.78 is 0. The Morgan fingerprint density at radius 1 is 1.19 bits per heavy atom. The third kappa shape index (κ3) is 2.04. The summed E-state index contributed by atoms with van der Waals surface area (Å²) in [6, 6.07) is 0. The van der Waals surface area contributed by atoms with E-state index in [1.165, 1.54) is 25.7 Å². The number of nitrogens with one attached hydrogen (secondary N) is 1. The van der Waals surface area contributed by atoms with Gasteiger partial charge in [0.1, 0.15) is 5.82 Å². The second kappa shape index (κ2) is 4.04. The largest absolute Gasteiger partial charge is 0.310 e. The van der Waals surface area contributed by atoms with Crippen LogP contribution in [0.15, 0.2) is 4.79 Å². The van der Waals surface area contributed by atoms with Crippen molar-refractivity contribution in [3.8, 4) is 0 Å². The summed E-state index contributed by atoms with van der Waals surface area (Å²) >= 11 is 0. The highest BCUT2D eigenvalue weighted by Gasteiger charge is 2.23. The lowest BCUT2D eigenvalue weighted by Crippen LogP contribution is -2.20. The topological polar surface area (TPSA) is 45.8 Å². The normalized spacial score (nSPS) is 20.2. The molecule has 16 heavy (non-hydrogen) atoms. The van der Waals surface area contributed by atoms with Gasteiger partial charge in [-0.15, -0.1) is 0 Å². The van der Waals surface area contributed by atoms with Gasteiger partial charge in [0.25, 0.3) is 5.56 Å². The maximum atomic E-state index is 11.9. The zero-order chi connectivity index (χ0) is 11.0. The van der Waals surface area contributed by atoms with Crippen LogP contribution in [0.1, 0.15) is 49.2 Å². The molecule has 0 amide bonds. The van der Waals surface area contributed by atoms with Gasteiger partial charge in [-0.3, -0.25) is 4.79 Å². The quantitative estimate of drug-likeness (QED) is 0.772. The Bertz CT molecular complexity index is 446. The Hall–Kier alpha value is -1.12. The van der Waals surface area contributed by atoms with Gasteiger partial charge in [-0.25, -0.2) is 4.98 Å². The highest BCUT2D eigenvalue weighted by molar-refractivity contribution is 5.20. The molecule has 0 saturated heterocycles. The van der Waals surface area contributed by atoms with Crippen LogP contribution in [0.25, 0.3) is 0 Å². The molecular formula is C13H18N2O. The summed E-state index contributed by atoms with van der Waals surface area (Å²) in [6.45, 7) is 0. The molecule has 0 bridgehead atoms. The van der Waals surface area contributed by atoms with Gasteiger partial charge >= 0.3 is 0 Å². The molecule has 0 atom stereocenters. The predicted octanol–water partition coefficient (Wildman–Crippen LogP) is 1.99. The van der Waals surface area contributed by atoms with Crippen molar-refractivity contribution < 1.29 is 0 Å². The van der Waals surface area contributed by atoms with E-state index in [0.717, 1.165) is 48.7 Å². The van der Waals surface area contributed by atoms with Gasteiger partial charge in [0.05, 0.1) is 5.69 Å². The molecule has 2 aliphatic carbocycles. The van der Waals surface area contributed by atoms with Crippen LogP contribution in [-0.2, 0) is 19.3 Å². The fraction of sp³-hybridized carbons (Fsp3) is 0.692. The smallest absolute Gasteiger partial charge is 0.254 e. The predicted molar refractivity (Wildman–Crippen MR) is 62.5 cm³/mol. The first-order valence-electron chi connectivity index (χ1n) is 6.44. The number of aromatic amines is 1. The first-order valence-corrected chi connectivity index (χ1v) is 6.44. The van der Waals surface area contributed by atoms with E-state index >= 15 is 0 Å². The van der Waals surface area contributed by atoms with E-state index < -0.39 is 0 Å². The molecule has 3 rings (SSSR count). The molecule has 0 aromatic carbocycles. The first-order chi connectivity index (χ1) is 7.83. The van der Waals surface area contributed by atoms with Crippen molar-refractivity contribution in [1.29, 1.82) is 0 Å². The molecule has 0 spiro atoms. The number of rotatable bonds is 2. The van der Waals surface area contributed by atoms with Crippen LogP contribution in [0.3, 0.4) is 0 Å². The van der Waals surface area contributed by atoms with E-state index in [0.29, 0.717) is 0 Å². The Kier molecular flexibility index (Phi) is 2.54. The molecule has 3 nitrogen and oxygen atoms in total. The highest BCUT2D eigenvalue weighted by atomic mass is 16.1. The number of aromatic nitrogens is 2. The van der Waals surface area contributed by atoms with Crippen molar-refractivity contribution >= 4 is 0 Å².